The summed E-state index contributed by atoms with van der Waals surface area (Å²) in [5.74, 6) is 0.733. The summed E-state index contributed by atoms with van der Waals surface area (Å²) in [6, 6.07) is 15.8. The largest absolute Gasteiger partial charge is 0.396 e. The molecule has 1 saturated heterocycles. The van der Waals surface area contributed by atoms with Crippen LogP contribution in [0.1, 0.15) is 41.7 Å². The first kappa shape index (κ1) is 20.1. The molecule has 0 spiro atoms. The Labute approximate surface area is 176 Å². The molecule has 3 N–H and O–H groups in total. The summed E-state index contributed by atoms with van der Waals surface area (Å²) in [4.78, 5) is 19.3. The lowest BCUT2D eigenvalue weighted by Gasteiger charge is -2.36. The van der Waals surface area contributed by atoms with Crippen LogP contribution in [0.4, 0.5) is 5.82 Å². The molecule has 1 aliphatic rings. The van der Waals surface area contributed by atoms with Crippen molar-refractivity contribution in [2.75, 3.05) is 18.1 Å². The van der Waals surface area contributed by atoms with E-state index in [-0.39, 0.29) is 12.5 Å². The van der Waals surface area contributed by atoms with Crippen molar-refractivity contribution in [3.63, 3.8) is 0 Å². The Kier molecular flexibility index (Phi) is 6.39. The van der Waals surface area contributed by atoms with E-state index >= 15 is 0 Å². The highest BCUT2D eigenvalue weighted by molar-refractivity contribution is 5.93. The minimum absolute atomic E-state index is 0.199. The van der Waals surface area contributed by atoms with Gasteiger partial charge in [0.25, 0.3) is 5.91 Å². The van der Waals surface area contributed by atoms with Crippen LogP contribution < -0.4 is 10.2 Å². The second-order valence-corrected chi connectivity index (χ2v) is 7.60. The number of amides is 1. The number of aliphatic hydroxyl groups excluding tert-OH is 1. The molecule has 0 aliphatic carbocycles. The summed E-state index contributed by atoms with van der Waals surface area (Å²) in [6.07, 6.45) is 6.02. The summed E-state index contributed by atoms with van der Waals surface area (Å²) in [5.41, 5.74) is 3.07. The molecule has 3 heterocycles. The normalized spacial score (nSPS) is 16.4. The van der Waals surface area contributed by atoms with Gasteiger partial charge in [-0.3, -0.25) is 9.89 Å². The number of nitrogens with one attached hydrogen (secondary N) is 2. The Morgan fingerprint density at radius 3 is 2.83 bits per heavy atom. The Morgan fingerprint density at radius 2 is 2.07 bits per heavy atom. The Hall–Kier alpha value is -3.19. The molecule has 2 aromatic heterocycles. The van der Waals surface area contributed by atoms with Gasteiger partial charge in [0, 0.05) is 37.5 Å². The lowest BCUT2D eigenvalue weighted by atomic mass is 9.99. The summed E-state index contributed by atoms with van der Waals surface area (Å²) < 4.78 is 0. The number of piperidine rings is 1. The van der Waals surface area contributed by atoms with Crippen LogP contribution in [0, 0.1) is 0 Å². The summed E-state index contributed by atoms with van der Waals surface area (Å²) >= 11 is 0. The lowest BCUT2D eigenvalue weighted by molar-refractivity contribution is 0.0946. The van der Waals surface area contributed by atoms with Gasteiger partial charge in [-0.25, -0.2) is 4.98 Å². The smallest absolute Gasteiger partial charge is 0.269 e. The monoisotopic (exact) mass is 405 g/mol. The molecule has 0 saturated carbocycles. The molecule has 3 aromatic rings. The van der Waals surface area contributed by atoms with Crippen molar-refractivity contribution >= 4 is 11.7 Å². The molecule has 0 unspecified atom stereocenters. The zero-order chi connectivity index (χ0) is 20.8. The molecule has 156 valence electrons. The number of hydrogen-bond donors (Lipinski definition) is 3. The molecule has 1 amide bonds. The van der Waals surface area contributed by atoms with Gasteiger partial charge in [0.2, 0.25) is 0 Å². The predicted octanol–water partition coefficient (Wildman–Crippen LogP) is 3.14. The molecule has 7 heteroatoms. The lowest BCUT2D eigenvalue weighted by Crippen LogP contribution is -2.40. The first-order chi connectivity index (χ1) is 14.7. The second-order valence-electron chi connectivity index (χ2n) is 7.60. The van der Waals surface area contributed by atoms with Gasteiger partial charge in [0.05, 0.1) is 5.69 Å². The van der Waals surface area contributed by atoms with Crippen molar-refractivity contribution in [3.05, 3.63) is 66.0 Å². The van der Waals surface area contributed by atoms with E-state index in [1.807, 2.05) is 48.7 Å². The van der Waals surface area contributed by atoms with E-state index in [0.717, 1.165) is 48.4 Å². The molecule has 0 bridgehead atoms. The van der Waals surface area contributed by atoms with Crippen LogP contribution in [0.15, 0.2) is 54.7 Å². The molecule has 7 nitrogen and oxygen atoms in total. The molecule has 4 rings (SSSR count). The topological polar surface area (TPSA) is 94.1 Å². The Bertz CT molecular complexity index is 953. The number of benzene rings is 1. The molecular weight excluding hydrogens is 378 g/mol. The fourth-order valence-corrected chi connectivity index (χ4v) is 3.91. The van der Waals surface area contributed by atoms with E-state index in [1.54, 1.807) is 6.07 Å². The van der Waals surface area contributed by atoms with E-state index in [2.05, 4.69) is 25.4 Å². The quantitative estimate of drug-likeness (QED) is 0.561. The van der Waals surface area contributed by atoms with Gasteiger partial charge in [-0.05, 0) is 43.4 Å². The highest BCUT2D eigenvalue weighted by atomic mass is 16.3. The number of aromatic nitrogens is 3. The number of carbonyl (C=O) groups excluding carboxylic acids is 1. The highest BCUT2D eigenvalue weighted by Gasteiger charge is 2.23. The van der Waals surface area contributed by atoms with Crippen LogP contribution in [0.5, 0.6) is 0 Å². The summed E-state index contributed by atoms with van der Waals surface area (Å²) in [6.45, 7) is 1.56. The number of aromatic amines is 1. The first-order valence-electron chi connectivity index (χ1n) is 10.5. The molecular formula is C23H27N5O2. The number of anilines is 1. The third-order valence-electron chi connectivity index (χ3n) is 5.54. The number of pyridine rings is 1. The predicted molar refractivity (Wildman–Crippen MR) is 116 cm³/mol. The van der Waals surface area contributed by atoms with Crippen molar-refractivity contribution in [2.45, 2.75) is 38.3 Å². The number of aliphatic hydroxyl groups is 1. The van der Waals surface area contributed by atoms with Crippen LogP contribution >= 0.6 is 0 Å². The average Bonchev–Trinajstić information content (AvgIpc) is 3.30. The van der Waals surface area contributed by atoms with Crippen LogP contribution in [0.2, 0.25) is 0 Å². The van der Waals surface area contributed by atoms with Crippen molar-refractivity contribution in [1.82, 2.24) is 20.5 Å². The van der Waals surface area contributed by atoms with E-state index in [0.29, 0.717) is 18.3 Å². The van der Waals surface area contributed by atoms with Crippen molar-refractivity contribution in [1.29, 1.82) is 0 Å². The van der Waals surface area contributed by atoms with Crippen molar-refractivity contribution in [2.24, 2.45) is 0 Å². The zero-order valence-corrected chi connectivity index (χ0v) is 16.9. The third-order valence-corrected chi connectivity index (χ3v) is 5.54. The molecule has 1 fully saturated rings. The van der Waals surface area contributed by atoms with Gasteiger partial charge in [0.15, 0.2) is 0 Å². The minimum Gasteiger partial charge on any atom is -0.396 e. The fraction of sp³-hybridized carbons (Fsp3) is 0.348. The van der Waals surface area contributed by atoms with Crippen molar-refractivity contribution in [3.8, 4) is 11.3 Å². The first-order valence-corrected chi connectivity index (χ1v) is 10.5. The maximum Gasteiger partial charge on any atom is 0.269 e. The number of H-pyrrole nitrogens is 1. The Balaban J connectivity index is 1.35. The fourth-order valence-electron chi connectivity index (χ4n) is 3.91. The minimum atomic E-state index is -0.201. The van der Waals surface area contributed by atoms with E-state index < -0.39 is 0 Å². The standard InChI is InChI=1S/C23H27N5O2/c29-13-11-19-8-4-5-12-28(19)22-10-9-17(15-24-22)16-25-23(30)21-14-20(26-27-21)18-6-2-1-3-7-18/h1-3,6-7,9-10,14-15,19,29H,4-5,8,11-13,16H2,(H,25,30)(H,26,27)/t19-/m1/s1. The van der Waals surface area contributed by atoms with Crippen molar-refractivity contribution < 1.29 is 9.90 Å². The van der Waals surface area contributed by atoms with Gasteiger partial charge < -0.3 is 15.3 Å². The van der Waals surface area contributed by atoms with Crippen LogP contribution in [-0.4, -0.2) is 45.4 Å². The van der Waals surface area contributed by atoms with Gasteiger partial charge in [-0.1, -0.05) is 36.4 Å². The van der Waals surface area contributed by atoms with E-state index in [4.69, 9.17) is 0 Å². The molecule has 1 aliphatic heterocycles. The van der Waals surface area contributed by atoms with E-state index in [1.165, 1.54) is 6.42 Å². The van der Waals surface area contributed by atoms with Crippen LogP contribution in [0.3, 0.4) is 0 Å². The highest BCUT2D eigenvalue weighted by Crippen LogP contribution is 2.25. The van der Waals surface area contributed by atoms with Gasteiger partial charge >= 0.3 is 0 Å². The van der Waals surface area contributed by atoms with Gasteiger partial charge in [-0.2, -0.15) is 5.10 Å². The van der Waals surface area contributed by atoms with Crippen LogP contribution in [0.25, 0.3) is 11.3 Å². The maximum atomic E-state index is 12.5. The van der Waals surface area contributed by atoms with E-state index in [9.17, 15) is 9.90 Å². The van der Waals surface area contributed by atoms with Gasteiger partial charge in [-0.15, -0.1) is 0 Å². The SMILES string of the molecule is O=C(NCc1ccc(N2CCCC[C@@H]2CCO)nc1)c1cc(-c2ccccc2)n[nH]1. The molecule has 1 aromatic carbocycles. The summed E-state index contributed by atoms with van der Waals surface area (Å²) in [5, 5.41) is 19.3. The second kappa shape index (κ2) is 9.54. The number of nitrogens with zero attached hydrogens (tertiary/aromatic N) is 3. The van der Waals surface area contributed by atoms with Crippen LogP contribution in [-0.2, 0) is 6.54 Å². The summed E-state index contributed by atoms with van der Waals surface area (Å²) in [7, 11) is 0. The molecule has 0 radical (unpaired) electrons. The molecule has 1 atom stereocenters. The number of carbonyl (C=O) groups is 1. The molecule has 30 heavy (non-hydrogen) atoms. The maximum absolute atomic E-state index is 12.5. The Morgan fingerprint density at radius 1 is 1.20 bits per heavy atom. The number of rotatable bonds is 7. The zero-order valence-electron chi connectivity index (χ0n) is 16.9. The van der Waals surface area contributed by atoms with Gasteiger partial charge in [0.1, 0.15) is 11.5 Å². The number of hydrogen-bond acceptors (Lipinski definition) is 5. The average molecular weight is 406 g/mol. The third kappa shape index (κ3) is 4.68.